The Balaban J connectivity index is 0.00000225. The minimum absolute atomic E-state index is 0. The SMILES string of the molecule is Cl.O=C(CCc1ccccc1)NC1CCC(c2ccc(O)cn2)CC1. The molecule has 3 rings (SSSR count). The van der Waals surface area contributed by atoms with Crippen LogP contribution in [0.15, 0.2) is 48.7 Å². The van der Waals surface area contributed by atoms with Gasteiger partial charge in [-0.25, -0.2) is 0 Å². The summed E-state index contributed by atoms with van der Waals surface area (Å²) in [5.41, 5.74) is 2.25. The molecule has 2 aromatic rings. The molecule has 1 aliphatic carbocycles. The number of benzene rings is 1. The summed E-state index contributed by atoms with van der Waals surface area (Å²) in [5.74, 6) is 0.784. The molecular formula is C20H25ClN2O2. The van der Waals surface area contributed by atoms with Crippen molar-refractivity contribution in [1.82, 2.24) is 10.3 Å². The summed E-state index contributed by atoms with van der Waals surface area (Å²) in [5, 5.41) is 12.5. The van der Waals surface area contributed by atoms with Crippen molar-refractivity contribution < 1.29 is 9.90 Å². The van der Waals surface area contributed by atoms with Gasteiger partial charge >= 0.3 is 0 Å². The standard InChI is InChI=1S/C20H24N2O2.ClH/c23-18-11-12-19(21-14-18)16-7-9-17(10-8-16)22-20(24)13-6-15-4-2-1-3-5-15;/h1-5,11-12,14,16-17,23H,6-10,13H2,(H,22,24);1H. The van der Waals surface area contributed by atoms with Crippen LogP contribution in [-0.2, 0) is 11.2 Å². The third-order valence-corrected chi connectivity index (χ3v) is 4.76. The van der Waals surface area contributed by atoms with Crippen LogP contribution in [-0.4, -0.2) is 22.0 Å². The van der Waals surface area contributed by atoms with Crippen molar-refractivity contribution in [2.75, 3.05) is 0 Å². The molecule has 4 nitrogen and oxygen atoms in total. The number of aryl methyl sites for hydroxylation is 1. The number of aromatic nitrogens is 1. The zero-order chi connectivity index (χ0) is 16.8. The monoisotopic (exact) mass is 360 g/mol. The Morgan fingerprint density at radius 3 is 2.44 bits per heavy atom. The quantitative estimate of drug-likeness (QED) is 0.847. The molecule has 1 fully saturated rings. The Kier molecular flexibility index (Phi) is 7.26. The van der Waals surface area contributed by atoms with E-state index in [1.54, 1.807) is 6.07 Å². The van der Waals surface area contributed by atoms with E-state index in [0.29, 0.717) is 12.3 Å². The van der Waals surface area contributed by atoms with E-state index in [9.17, 15) is 9.90 Å². The summed E-state index contributed by atoms with van der Waals surface area (Å²) in [6.45, 7) is 0. The van der Waals surface area contributed by atoms with E-state index in [0.717, 1.165) is 37.8 Å². The van der Waals surface area contributed by atoms with Crippen LogP contribution >= 0.6 is 12.4 Å². The van der Waals surface area contributed by atoms with Crippen LogP contribution in [0.2, 0.25) is 0 Å². The first-order valence-electron chi connectivity index (χ1n) is 8.69. The summed E-state index contributed by atoms with van der Waals surface area (Å²) >= 11 is 0. The van der Waals surface area contributed by atoms with Crippen LogP contribution in [0.5, 0.6) is 5.75 Å². The van der Waals surface area contributed by atoms with Crippen LogP contribution in [0.4, 0.5) is 0 Å². The minimum Gasteiger partial charge on any atom is -0.506 e. The lowest BCUT2D eigenvalue weighted by Crippen LogP contribution is -2.37. The highest BCUT2D eigenvalue weighted by Crippen LogP contribution is 2.32. The summed E-state index contributed by atoms with van der Waals surface area (Å²) in [7, 11) is 0. The number of halogens is 1. The fourth-order valence-corrected chi connectivity index (χ4v) is 3.37. The van der Waals surface area contributed by atoms with Gasteiger partial charge in [-0.3, -0.25) is 9.78 Å². The van der Waals surface area contributed by atoms with E-state index in [2.05, 4.69) is 22.4 Å². The van der Waals surface area contributed by atoms with E-state index in [1.807, 2.05) is 24.3 Å². The molecule has 1 heterocycles. The summed E-state index contributed by atoms with van der Waals surface area (Å²) in [4.78, 5) is 16.4. The number of aromatic hydroxyl groups is 1. The highest BCUT2D eigenvalue weighted by Gasteiger charge is 2.24. The second-order valence-electron chi connectivity index (χ2n) is 6.54. The first-order valence-corrected chi connectivity index (χ1v) is 8.69. The van der Waals surface area contributed by atoms with Crippen molar-refractivity contribution in [3.05, 3.63) is 59.9 Å². The Bertz CT molecular complexity index is 653. The predicted octanol–water partition coefficient (Wildman–Crippen LogP) is 3.98. The van der Waals surface area contributed by atoms with E-state index in [1.165, 1.54) is 11.8 Å². The van der Waals surface area contributed by atoms with Gasteiger partial charge in [0.05, 0.1) is 6.20 Å². The average molecular weight is 361 g/mol. The summed E-state index contributed by atoms with van der Waals surface area (Å²) in [6, 6.07) is 14.0. The number of carbonyl (C=O) groups excluding carboxylic acids is 1. The minimum atomic E-state index is 0. The van der Waals surface area contributed by atoms with Gasteiger partial charge in [0.1, 0.15) is 5.75 Å². The molecule has 0 radical (unpaired) electrons. The molecule has 25 heavy (non-hydrogen) atoms. The molecule has 1 aromatic heterocycles. The smallest absolute Gasteiger partial charge is 0.220 e. The van der Waals surface area contributed by atoms with Crippen molar-refractivity contribution in [2.45, 2.75) is 50.5 Å². The molecule has 0 unspecified atom stereocenters. The third kappa shape index (κ3) is 5.75. The third-order valence-electron chi connectivity index (χ3n) is 4.76. The zero-order valence-corrected chi connectivity index (χ0v) is 15.0. The molecule has 1 saturated carbocycles. The molecule has 134 valence electrons. The molecule has 1 aromatic carbocycles. The van der Waals surface area contributed by atoms with Gasteiger partial charge in [0.25, 0.3) is 0 Å². The zero-order valence-electron chi connectivity index (χ0n) is 14.2. The highest BCUT2D eigenvalue weighted by atomic mass is 35.5. The maximum absolute atomic E-state index is 12.1. The first-order chi connectivity index (χ1) is 11.7. The Morgan fingerprint density at radius 1 is 1.08 bits per heavy atom. The van der Waals surface area contributed by atoms with Gasteiger partial charge < -0.3 is 10.4 Å². The lowest BCUT2D eigenvalue weighted by atomic mass is 9.84. The van der Waals surface area contributed by atoms with Crippen molar-refractivity contribution in [3.63, 3.8) is 0 Å². The Morgan fingerprint density at radius 2 is 1.80 bits per heavy atom. The fourth-order valence-electron chi connectivity index (χ4n) is 3.37. The summed E-state index contributed by atoms with van der Waals surface area (Å²) < 4.78 is 0. The number of amides is 1. The van der Waals surface area contributed by atoms with Crippen molar-refractivity contribution in [3.8, 4) is 5.75 Å². The molecule has 0 atom stereocenters. The highest BCUT2D eigenvalue weighted by molar-refractivity contribution is 5.85. The van der Waals surface area contributed by atoms with E-state index in [-0.39, 0.29) is 30.1 Å². The molecule has 2 N–H and O–H groups in total. The maximum Gasteiger partial charge on any atom is 0.220 e. The number of nitrogens with zero attached hydrogens (tertiary/aromatic N) is 1. The van der Waals surface area contributed by atoms with Crippen LogP contribution in [0, 0.1) is 0 Å². The second-order valence-corrected chi connectivity index (χ2v) is 6.54. The first kappa shape index (κ1) is 19.3. The van der Waals surface area contributed by atoms with E-state index < -0.39 is 0 Å². The van der Waals surface area contributed by atoms with Gasteiger partial charge in [-0.1, -0.05) is 30.3 Å². The molecular weight excluding hydrogens is 336 g/mol. The maximum atomic E-state index is 12.1. The topological polar surface area (TPSA) is 62.2 Å². The van der Waals surface area contributed by atoms with Gasteiger partial charge in [0, 0.05) is 24.1 Å². The van der Waals surface area contributed by atoms with Gasteiger partial charge in [0.15, 0.2) is 0 Å². The number of rotatable bonds is 5. The lowest BCUT2D eigenvalue weighted by molar-refractivity contribution is -0.122. The van der Waals surface area contributed by atoms with Gasteiger partial charge in [0.2, 0.25) is 5.91 Å². The molecule has 0 saturated heterocycles. The molecule has 5 heteroatoms. The van der Waals surface area contributed by atoms with Crippen LogP contribution < -0.4 is 5.32 Å². The van der Waals surface area contributed by atoms with Crippen LogP contribution in [0.25, 0.3) is 0 Å². The molecule has 0 spiro atoms. The molecule has 0 bridgehead atoms. The Hall–Kier alpha value is -2.07. The van der Waals surface area contributed by atoms with Crippen LogP contribution in [0.1, 0.15) is 49.3 Å². The molecule has 0 aliphatic heterocycles. The van der Waals surface area contributed by atoms with E-state index in [4.69, 9.17) is 0 Å². The normalized spacial score (nSPS) is 19.7. The second kappa shape index (κ2) is 9.42. The summed E-state index contributed by atoms with van der Waals surface area (Å²) in [6.07, 6.45) is 6.88. The number of pyridine rings is 1. The van der Waals surface area contributed by atoms with Crippen LogP contribution in [0.3, 0.4) is 0 Å². The number of hydrogen-bond acceptors (Lipinski definition) is 3. The van der Waals surface area contributed by atoms with Gasteiger partial charge in [-0.2, -0.15) is 0 Å². The lowest BCUT2D eigenvalue weighted by Gasteiger charge is -2.28. The predicted molar refractivity (Wildman–Crippen MR) is 101 cm³/mol. The number of nitrogens with one attached hydrogen (secondary N) is 1. The number of hydrogen-bond donors (Lipinski definition) is 2. The Labute approximate surface area is 155 Å². The number of carbonyl (C=O) groups is 1. The molecule has 1 aliphatic rings. The van der Waals surface area contributed by atoms with Gasteiger partial charge in [-0.15, -0.1) is 12.4 Å². The largest absolute Gasteiger partial charge is 0.506 e. The van der Waals surface area contributed by atoms with Gasteiger partial charge in [-0.05, 0) is 49.8 Å². The van der Waals surface area contributed by atoms with Crippen molar-refractivity contribution >= 4 is 18.3 Å². The van der Waals surface area contributed by atoms with Crippen molar-refractivity contribution in [1.29, 1.82) is 0 Å². The van der Waals surface area contributed by atoms with E-state index >= 15 is 0 Å². The average Bonchev–Trinajstić information content (AvgIpc) is 2.62. The molecule has 1 amide bonds. The fraction of sp³-hybridized carbons (Fsp3) is 0.400. The van der Waals surface area contributed by atoms with Crippen molar-refractivity contribution in [2.24, 2.45) is 0 Å².